The second-order valence-corrected chi connectivity index (χ2v) is 10.6. The lowest BCUT2D eigenvalue weighted by Crippen LogP contribution is -2.54. The van der Waals surface area contributed by atoms with Crippen molar-refractivity contribution in [1.29, 1.82) is 0 Å². The van der Waals surface area contributed by atoms with E-state index in [9.17, 15) is 19.2 Å². The summed E-state index contributed by atoms with van der Waals surface area (Å²) in [6.07, 6.45) is 3.68. The summed E-state index contributed by atoms with van der Waals surface area (Å²) >= 11 is 0. The first-order chi connectivity index (χ1) is 22.5. The van der Waals surface area contributed by atoms with Gasteiger partial charge in [-0.15, -0.1) is 0 Å². The van der Waals surface area contributed by atoms with Crippen LogP contribution >= 0.6 is 0 Å². The highest BCUT2D eigenvalue weighted by Gasteiger charge is 2.45. The molecule has 14 heteroatoms. The average molecular weight is 652 g/mol. The van der Waals surface area contributed by atoms with Gasteiger partial charge >= 0.3 is 0 Å². The first-order valence-electron chi connectivity index (χ1n) is 16.2. The van der Waals surface area contributed by atoms with E-state index in [0.717, 1.165) is 17.9 Å². The molecule has 46 heavy (non-hydrogen) atoms. The highest BCUT2D eigenvalue weighted by Crippen LogP contribution is 2.32. The zero-order chi connectivity index (χ0) is 32.8. The van der Waals surface area contributed by atoms with Crippen LogP contribution in [0.5, 0.6) is 0 Å². The summed E-state index contributed by atoms with van der Waals surface area (Å²) in [6.45, 7) is 9.60. The summed E-state index contributed by atoms with van der Waals surface area (Å²) in [5.74, 6) is -2.15. The minimum absolute atomic E-state index is 0.0718. The third kappa shape index (κ3) is 13.0. The maximum absolute atomic E-state index is 13.1. The SMILES string of the molecule is CCCCCOCCOCCOCCOCCOCCOCCOCCNc1cccc2c1C(=O)N(C1CCC(=O)NC1=O)C2=O. The molecule has 2 heterocycles. The Morgan fingerprint density at radius 3 is 1.74 bits per heavy atom. The Morgan fingerprint density at radius 1 is 0.696 bits per heavy atom. The van der Waals surface area contributed by atoms with Crippen molar-refractivity contribution in [3.63, 3.8) is 0 Å². The molecule has 0 aliphatic carbocycles. The van der Waals surface area contributed by atoms with Gasteiger partial charge < -0.3 is 38.5 Å². The van der Waals surface area contributed by atoms with E-state index in [0.29, 0.717) is 98.1 Å². The van der Waals surface area contributed by atoms with Crippen LogP contribution in [0, 0.1) is 0 Å². The topological polar surface area (TPSA) is 160 Å². The van der Waals surface area contributed by atoms with Gasteiger partial charge in [-0.05, 0) is 25.0 Å². The van der Waals surface area contributed by atoms with E-state index >= 15 is 0 Å². The molecule has 4 amide bonds. The molecule has 3 rings (SSSR count). The molecule has 0 aromatic heterocycles. The van der Waals surface area contributed by atoms with Crippen LogP contribution in [0.2, 0.25) is 0 Å². The van der Waals surface area contributed by atoms with E-state index in [1.54, 1.807) is 18.2 Å². The van der Waals surface area contributed by atoms with Gasteiger partial charge in [0.05, 0.1) is 97.0 Å². The summed E-state index contributed by atoms with van der Waals surface area (Å²) in [5, 5.41) is 5.33. The molecule has 1 unspecified atom stereocenters. The summed E-state index contributed by atoms with van der Waals surface area (Å²) in [5.41, 5.74) is 0.928. The number of hydrogen-bond donors (Lipinski definition) is 2. The summed E-state index contributed by atoms with van der Waals surface area (Å²) in [7, 11) is 0. The normalized spacial score (nSPS) is 16.3. The number of amides is 4. The standard InChI is InChI=1S/C32H49N3O11/c1-2-3-4-11-40-13-15-42-17-19-44-21-23-46-24-22-45-20-18-43-16-14-41-12-10-33-26-7-5-6-25-29(26)32(39)35(31(25)38)27-8-9-28(36)34-30(27)37/h5-7,27,33H,2-4,8-24H2,1H3,(H,34,36,37). The quantitative estimate of drug-likeness (QED) is 0.105. The van der Waals surface area contributed by atoms with Crippen LogP contribution in [0.3, 0.4) is 0 Å². The highest BCUT2D eigenvalue weighted by atomic mass is 16.6. The molecule has 14 nitrogen and oxygen atoms in total. The summed E-state index contributed by atoms with van der Waals surface area (Å²) in [6, 6.07) is 3.92. The Kier molecular flexibility index (Phi) is 18.4. The van der Waals surface area contributed by atoms with Gasteiger partial charge in [0.25, 0.3) is 11.8 Å². The third-order valence-electron chi connectivity index (χ3n) is 7.15. The lowest BCUT2D eigenvalue weighted by Gasteiger charge is -2.27. The van der Waals surface area contributed by atoms with Gasteiger partial charge in [0.15, 0.2) is 0 Å². The molecule has 1 aromatic rings. The number of rotatable bonds is 27. The van der Waals surface area contributed by atoms with Gasteiger partial charge in [-0.3, -0.25) is 29.4 Å². The van der Waals surface area contributed by atoms with Gasteiger partial charge in [0.2, 0.25) is 11.8 Å². The van der Waals surface area contributed by atoms with E-state index < -0.39 is 29.7 Å². The molecule has 2 aliphatic heterocycles. The van der Waals surface area contributed by atoms with Crippen molar-refractivity contribution in [3.8, 4) is 0 Å². The van der Waals surface area contributed by atoms with Crippen molar-refractivity contribution >= 4 is 29.3 Å². The Bertz CT molecular complexity index is 1090. The molecule has 0 radical (unpaired) electrons. The third-order valence-corrected chi connectivity index (χ3v) is 7.15. The fraction of sp³-hybridized carbons (Fsp3) is 0.688. The molecule has 1 aromatic carbocycles. The average Bonchev–Trinajstić information content (AvgIpc) is 3.30. The number of imide groups is 2. The maximum Gasteiger partial charge on any atom is 0.264 e. The van der Waals surface area contributed by atoms with Crippen molar-refractivity contribution in [2.45, 2.75) is 45.1 Å². The van der Waals surface area contributed by atoms with E-state index in [-0.39, 0.29) is 24.0 Å². The van der Waals surface area contributed by atoms with Gasteiger partial charge in [-0.1, -0.05) is 25.8 Å². The van der Waals surface area contributed by atoms with E-state index in [4.69, 9.17) is 33.2 Å². The summed E-state index contributed by atoms with van der Waals surface area (Å²) in [4.78, 5) is 50.7. The van der Waals surface area contributed by atoms with Gasteiger partial charge in [-0.2, -0.15) is 0 Å². The Labute approximate surface area is 270 Å². The molecular formula is C32H49N3O11. The lowest BCUT2D eigenvalue weighted by molar-refractivity contribution is -0.136. The second-order valence-electron chi connectivity index (χ2n) is 10.6. The van der Waals surface area contributed by atoms with Gasteiger partial charge in [0, 0.05) is 25.3 Å². The predicted octanol–water partition coefficient (Wildman–Crippen LogP) is 1.81. The first-order valence-corrected chi connectivity index (χ1v) is 16.2. The van der Waals surface area contributed by atoms with Crippen LogP contribution in [0.15, 0.2) is 18.2 Å². The molecule has 1 fully saturated rings. The molecule has 0 spiro atoms. The first kappa shape index (κ1) is 37.5. The zero-order valence-corrected chi connectivity index (χ0v) is 26.9. The van der Waals surface area contributed by atoms with Crippen molar-refractivity contribution in [2.24, 2.45) is 0 Å². The number of ether oxygens (including phenoxy) is 7. The van der Waals surface area contributed by atoms with Crippen molar-refractivity contribution in [2.75, 3.05) is 104 Å². The van der Waals surface area contributed by atoms with Crippen LogP contribution in [-0.4, -0.2) is 134 Å². The fourth-order valence-corrected chi connectivity index (χ4v) is 4.80. The maximum atomic E-state index is 13.1. The molecular weight excluding hydrogens is 602 g/mol. The number of unbranched alkanes of at least 4 members (excludes halogenated alkanes) is 2. The Balaban J connectivity index is 1.11. The van der Waals surface area contributed by atoms with Crippen LogP contribution < -0.4 is 10.6 Å². The number of nitrogens with one attached hydrogen (secondary N) is 2. The van der Waals surface area contributed by atoms with Crippen LogP contribution in [0.1, 0.15) is 59.7 Å². The minimum atomic E-state index is -1.00. The number of benzene rings is 1. The van der Waals surface area contributed by atoms with Crippen molar-refractivity contribution in [1.82, 2.24) is 10.2 Å². The Hall–Kier alpha value is -2.98. The number of piperidine rings is 1. The fourth-order valence-electron chi connectivity index (χ4n) is 4.80. The number of anilines is 1. The van der Waals surface area contributed by atoms with Crippen LogP contribution in [-0.2, 0) is 42.7 Å². The van der Waals surface area contributed by atoms with Crippen molar-refractivity contribution in [3.05, 3.63) is 29.3 Å². The number of nitrogens with zero attached hydrogens (tertiary/aromatic N) is 1. The number of fused-ring (bicyclic) bond motifs is 1. The van der Waals surface area contributed by atoms with Crippen molar-refractivity contribution < 1.29 is 52.3 Å². The Morgan fingerprint density at radius 2 is 1.22 bits per heavy atom. The van der Waals surface area contributed by atoms with Gasteiger partial charge in [0.1, 0.15) is 6.04 Å². The molecule has 2 aliphatic rings. The highest BCUT2D eigenvalue weighted by molar-refractivity contribution is 6.25. The molecule has 1 saturated heterocycles. The van der Waals surface area contributed by atoms with Gasteiger partial charge in [-0.25, -0.2) is 0 Å². The number of carbonyl (C=O) groups excluding carboxylic acids is 4. The largest absolute Gasteiger partial charge is 0.382 e. The monoisotopic (exact) mass is 651 g/mol. The molecule has 0 saturated carbocycles. The van der Waals surface area contributed by atoms with E-state index in [1.165, 1.54) is 12.8 Å². The predicted molar refractivity (Wildman–Crippen MR) is 167 cm³/mol. The second kappa shape index (κ2) is 22.5. The molecule has 0 bridgehead atoms. The summed E-state index contributed by atoms with van der Waals surface area (Å²) < 4.78 is 38.4. The lowest BCUT2D eigenvalue weighted by atomic mass is 10.0. The molecule has 258 valence electrons. The van der Waals surface area contributed by atoms with E-state index in [2.05, 4.69) is 17.6 Å². The molecule has 2 N–H and O–H groups in total. The van der Waals surface area contributed by atoms with Crippen LogP contribution in [0.4, 0.5) is 5.69 Å². The smallest absolute Gasteiger partial charge is 0.264 e. The number of hydrogen-bond acceptors (Lipinski definition) is 12. The van der Waals surface area contributed by atoms with E-state index in [1.807, 2.05) is 0 Å². The number of carbonyl (C=O) groups is 4. The minimum Gasteiger partial charge on any atom is -0.382 e. The van der Waals surface area contributed by atoms with Crippen LogP contribution in [0.25, 0.3) is 0 Å². The molecule has 1 atom stereocenters. The zero-order valence-electron chi connectivity index (χ0n) is 26.9.